The predicted molar refractivity (Wildman–Crippen MR) is 109 cm³/mol. The topological polar surface area (TPSA) is 77.8 Å². The van der Waals surface area contributed by atoms with Crippen molar-refractivity contribution in [1.82, 2.24) is 9.97 Å². The van der Waals surface area contributed by atoms with Gasteiger partial charge in [-0.3, -0.25) is 9.97 Å². The van der Waals surface area contributed by atoms with Crippen LogP contribution in [0.25, 0.3) is 0 Å². The van der Waals surface area contributed by atoms with Gasteiger partial charge in [-0.1, -0.05) is 33.8 Å². The standard InChI is InChI=1S/C22H34N4/c1-16(2)20(23)9-8-19-14-18(11-13-26-19)22(3,4)21(24)10-7-17-6-5-12-25-15-17/h5-6,11-16,20-21H,7-10,23-24H2,1-4H3. The number of hydrogen-bond acceptors (Lipinski definition) is 4. The fourth-order valence-corrected chi connectivity index (χ4v) is 3.11. The highest BCUT2D eigenvalue weighted by Gasteiger charge is 2.28. The molecule has 4 N–H and O–H groups in total. The lowest BCUT2D eigenvalue weighted by Gasteiger charge is -2.32. The summed E-state index contributed by atoms with van der Waals surface area (Å²) in [6.45, 7) is 8.78. The van der Waals surface area contributed by atoms with Crippen molar-refractivity contribution in [2.24, 2.45) is 17.4 Å². The molecule has 142 valence electrons. The molecule has 2 unspecified atom stereocenters. The second kappa shape index (κ2) is 9.24. The van der Waals surface area contributed by atoms with Crippen molar-refractivity contribution < 1.29 is 0 Å². The average molecular weight is 355 g/mol. The molecule has 2 aromatic heterocycles. The Balaban J connectivity index is 2.01. The molecule has 2 rings (SSSR count). The Morgan fingerprint density at radius 1 is 1.04 bits per heavy atom. The van der Waals surface area contributed by atoms with Gasteiger partial charge < -0.3 is 11.5 Å². The first kappa shape index (κ1) is 20.5. The van der Waals surface area contributed by atoms with Gasteiger partial charge in [-0.15, -0.1) is 0 Å². The van der Waals surface area contributed by atoms with E-state index in [4.69, 9.17) is 11.5 Å². The molecule has 0 aliphatic rings. The van der Waals surface area contributed by atoms with Crippen LogP contribution in [0.3, 0.4) is 0 Å². The summed E-state index contributed by atoms with van der Waals surface area (Å²) < 4.78 is 0. The van der Waals surface area contributed by atoms with Gasteiger partial charge in [-0.2, -0.15) is 0 Å². The van der Waals surface area contributed by atoms with Gasteiger partial charge in [0.15, 0.2) is 0 Å². The molecular weight excluding hydrogens is 320 g/mol. The zero-order valence-corrected chi connectivity index (χ0v) is 16.7. The Morgan fingerprint density at radius 2 is 1.81 bits per heavy atom. The van der Waals surface area contributed by atoms with E-state index in [0.29, 0.717) is 5.92 Å². The predicted octanol–water partition coefficient (Wildman–Crippen LogP) is 3.63. The van der Waals surface area contributed by atoms with E-state index in [1.165, 1.54) is 11.1 Å². The van der Waals surface area contributed by atoms with Gasteiger partial charge >= 0.3 is 0 Å². The highest BCUT2D eigenvalue weighted by atomic mass is 14.7. The Morgan fingerprint density at radius 3 is 2.46 bits per heavy atom. The van der Waals surface area contributed by atoms with E-state index >= 15 is 0 Å². The molecule has 0 aliphatic carbocycles. The summed E-state index contributed by atoms with van der Waals surface area (Å²) in [6.07, 6.45) is 9.37. The molecule has 0 bridgehead atoms. The van der Waals surface area contributed by atoms with Crippen molar-refractivity contribution in [3.8, 4) is 0 Å². The highest BCUT2D eigenvalue weighted by Crippen LogP contribution is 2.29. The first-order valence-electron chi connectivity index (χ1n) is 9.66. The lowest BCUT2D eigenvalue weighted by molar-refractivity contribution is 0.387. The zero-order valence-electron chi connectivity index (χ0n) is 16.7. The van der Waals surface area contributed by atoms with Crippen LogP contribution in [0.2, 0.25) is 0 Å². The minimum Gasteiger partial charge on any atom is -0.327 e. The van der Waals surface area contributed by atoms with Crippen LogP contribution in [0, 0.1) is 5.92 Å². The molecule has 2 heterocycles. The van der Waals surface area contributed by atoms with Crippen LogP contribution in [-0.4, -0.2) is 22.1 Å². The molecule has 0 fully saturated rings. The van der Waals surface area contributed by atoms with E-state index in [1.807, 2.05) is 18.5 Å². The van der Waals surface area contributed by atoms with Crippen LogP contribution in [0.4, 0.5) is 0 Å². The maximum atomic E-state index is 6.58. The minimum atomic E-state index is -0.111. The summed E-state index contributed by atoms with van der Waals surface area (Å²) in [6, 6.07) is 8.66. The zero-order chi connectivity index (χ0) is 19.2. The SMILES string of the molecule is CC(C)C(N)CCc1cc(C(C)(C)C(N)CCc2cccnc2)ccn1. The lowest BCUT2D eigenvalue weighted by atomic mass is 9.76. The molecule has 0 amide bonds. The first-order chi connectivity index (χ1) is 12.3. The quantitative estimate of drug-likeness (QED) is 0.721. The largest absolute Gasteiger partial charge is 0.327 e. The number of aromatic nitrogens is 2. The third-order valence-electron chi connectivity index (χ3n) is 5.54. The molecule has 0 saturated heterocycles. The second-order valence-electron chi connectivity index (χ2n) is 8.21. The van der Waals surface area contributed by atoms with Gasteiger partial charge in [0.1, 0.15) is 0 Å². The molecule has 0 radical (unpaired) electrons. The van der Waals surface area contributed by atoms with E-state index in [-0.39, 0.29) is 17.5 Å². The molecule has 0 aliphatic heterocycles. The summed E-state index contributed by atoms with van der Waals surface area (Å²) in [7, 11) is 0. The van der Waals surface area contributed by atoms with Crippen LogP contribution in [0.5, 0.6) is 0 Å². The molecule has 26 heavy (non-hydrogen) atoms. The van der Waals surface area contributed by atoms with Gasteiger partial charge in [-0.05, 0) is 60.9 Å². The Bertz CT molecular complexity index is 667. The van der Waals surface area contributed by atoms with Crippen molar-refractivity contribution in [1.29, 1.82) is 0 Å². The molecule has 4 heteroatoms. The molecule has 4 nitrogen and oxygen atoms in total. The van der Waals surface area contributed by atoms with Gasteiger partial charge in [0.05, 0.1) is 0 Å². The van der Waals surface area contributed by atoms with E-state index in [9.17, 15) is 0 Å². The van der Waals surface area contributed by atoms with Crippen LogP contribution < -0.4 is 11.5 Å². The van der Waals surface area contributed by atoms with Gasteiger partial charge in [0.2, 0.25) is 0 Å². The third kappa shape index (κ3) is 5.61. The van der Waals surface area contributed by atoms with Crippen LogP contribution in [0.15, 0.2) is 42.9 Å². The number of nitrogens with zero attached hydrogens (tertiary/aromatic N) is 2. The van der Waals surface area contributed by atoms with E-state index in [0.717, 1.165) is 31.4 Å². The maximum Gasteiger partial charge on any atom is 0.0407 e. The lowest BCUT2D eigenvalue weighted by Crippen LogP contribution is -2.41. The van der Waals surface area contributed by atoms with Crippen LogP contribution in [-0.2, 0) is 18.3 Å². The van der Waals surface area contributed by atoms with Crippen LogP contribution in [0.1, 0.15) is 57.4 Å². The fraction of sp³-hybridized carbons (Fsp3) is 0.545. The Labute approximate surface area is 158 Å². The summed E-state index contributed by atoms with van der Waals surface area (Å²) in [5, 5.41) is 0. The highest BCUT2D eigenvalue weighted by molar-refractivity contribution is 5.27. The summed E-state index contributed by atoms with van der Waals surface area (Å²) in [5.41, 5.74) is 16.2. The number of pyridine rings is 2. The molecule has 0 spiro atoms. The van der Waals surface area contributed by atoms with Gasteiger partial charge in [0, 0.05) is 41.8 Å². The van der Waals surface area contributed by atoms with Crippen molar-refractivity contribution >= 4 is 0 Å². The third-order valence-corrected chi connectivity index (χ3v) is 5.54. The first-order valence-corrected chi connectivity index (χ1v) is 9.66. The smallest absolute Gasteiger partial charge is 0.0407 e. The Hall–Kier alpha value is -1.78. The van der Waals surface area contributed by atoms with Crippen LogP contribution >= 0.6 is 0 Å². The number of hydrogen-bond donors (Lipinski definition) is 2. The monoisotopic (exact) mass is 354 g/mol. The van der Waals surface area contributed by atoms with E-state index < -0.39 is 0 Å². The van der Waals surface area contributed by atoms with Gasteiger partial charge in [0.25, 0.3) is 0 Å². The molecule has 0 saturated carbocycles. The second-order valence-corrected chi connectivity index (χ2v) is 8.21. The normalized spacial score (nSPS) is 14.4. The van der Waals surface area contributed by atoms with Crippen molar-refractivity contribution in [2.45, 2.75) is 70.9 Å². The molecule has 2 atom stereocenters. The molecule has 2 aromatic rings. The minimum absolute atomic E-state index is 0.0656. The molecular formula is C22H34N4. The number of nitrogens with two attached hydrogens (primary N) is 2. The summed E-state index contributed by atoms with van der Waals surface area (Å²) in [4.78, 5) is 8.71. The van der Waals surface area contributed by atoms with E-state index in [1.54, 1.807) is 6.20 Å². The van der Waals surface area contributed by atoms with Gasteiger partial charge in [-0.25, -0.2) is 0 Å². The molecule has 0 aromatic carbocycles. The summed E-state index contributed by atoms with van der Waals surface area (Å²) in [5.74, 6) is 0.496. The summed E-state index contributed by atoms with van der Waals surface area (Å²) >= 11 is 0. The number of rotatable bonds is 9. The fourth-order valence-electron chi connectivity index (χ4n) is 3.11. The van der Waals surface area contributed by atoms with E-state index in [2.05, 4.69) is 55.9 Å². The average Bonchev–Trinajstić information content (AvgIpc) is 2.65. The van der Waals surface area contributed by atoms with Crippen molar-refractivity contribution in [2.75, 3.05) is 0 Å². The van der Waals surface area contributed by atoms with Crippen molar-refractivity contribution in [3.63, 3.8) is 0 Å². The Kier molecular flexibility index (Phi) is 7.30. The number of aryl methyl sites for hydroxylation is 2. The maximum absolute atomic E-state index is 6.58. The van der Waals surface area contributed by atoms with Crippen molar-refractivity contribution in [3.05, 3.63) is 59.7 Å².